The van der Waals surface area contributed by atoms with Crippen molar-refractivity contribution in [2.24, 2.45) is 0 Å². The van der Waals surface area contributed by atoms with Crippen LogP contribution in [0, 0.1) is 20.2 Å². The summed E-state index contributed by atoms with van der Waals surface area (Å²) in [6.45, 7) is -0.507. The van der Waals surface area contributed by atoms with Crippen molar-refractivity contribution in [1.82, 2.24) is 0 Å². The second-order valence-electron chi connectivity index (χ2n) is 5.51. The molecule has 0 heterocycles. The fourth-order valence-corrected chi connectivity index (χ4v) is 2.18. The normalized spacial score (nSPS) is 11.2. The number of aliphatic hydroxyl groups is 1. The first-order valence-corrected chi connectivity index (χ1v) is 8.43. The number of aliphatic hydroxyl groups excluding tert-OH is 1. The van der Waals surface area contributed by atoms with Crippen molar-refractivity contribution in [1.29, 1.82) is 0 Å². The lowest BCUT2D eigenvalue weighted by Gasteiger charge is -2.09. The van der Waals surface area contributed by atoms with Gasteiger partial charge in [-0.15, -0.1) is 37.9 Å². The maximum absolute atomic E-state index is 11.9. The molecule has 1 N–H and O–H groups in total. The smallest absolute Gasteiger partial charge is 0.398 e. The summed E-state index contributed by atoms with van der Waals surface area (Å²) in [6.07, 6.45) is -9.96. The lowest BCUT2D eigenvalue weighted by molar-refractivity contribution is -0.388. The lowest BCUT2D eigenvalue weighted by Crippen LogP contribution is -2.18. The van der Waals surface area contributed by atoms with E-state index in [1.807, 2.05) is 0 Å². The van der Waals surface area contributed by atoms with Gasteiger partial charge >= 0.3 is 24.1 Å². The Morgan fingerprint density at radius 1 is 0.812 bits per heavy atom. The molecule has 0 aliphatic rings. The van der Waals surface area contributed by atoms with Gasteiger partial charge in [0.05, 0.1) is 16.5 Å². The molecule has 2 rings (SSSR count). The van der Waals surface area contributed by atoms with Crippen LogP contribution in [0.15, 0.2) is 36.4 Å². The number of ether oxygens (including phenoxy) is 2. The van der Waals surface area contributed by atoms with E-state index in [0.717, 1.165) is 30.3 Å². The molecule has 0 aromatic heterocycles. The SMILES string of the molecule is O=[N+]([O-])c1cc(CCl)ccc1OC(F)(F)F.O=[N+]([O-])c1cc(CO)ccc1OC(F)(F)F. The van der Waals surface area contributed by atoms with Gasteiger partial charge in [0.2, 0.25) is 11.5 Å². The number of hydrogen-bond donors (Lipinski definition) is 1. The summed E-state index contributed by atoms with van der Waals surface area (Å²) < 4.78 is 78.3. The number of hydrogen-bond acceptors (Lipinski definition) is 7. The number of nitro benzene ring substituents is 2. The van der Waals surface area contributed by atoms with Crippen LogP contribution in [0.4, 0.5) is 37.7 Å². The Kier molecular flexibility index (Phi) is 9.02. The zero-order chi connectivity index (χ0) is 24.7. The highest BCUT2D eigenvalue weighted by Gasteiger charge is 2.35. The molecule has 0 spiro atoms. The van der Waals surface area contributed by atoms with Crippen LogP contribution in [0.2, 0.25) is 0 Å². The average Bonchev–Trinajstić information content (AvgIpc) is 2.66. The van der Waals surface area contributed by atoms with Gasteiger partial charge in [-0.2, -0.15) is 0 Å². The lowest BCUT2D eigenvalue weighted by atomic mass is 10.2. The van der Waals surface area contributed by atoms with E-state index in [4.69, 9.17) is 16.7 Å². The van der Waals surface area contributed by atoms with Crippen LogP contribution in [0.25, 0.3) is 0 Å². The molecule has 2 aromatic rings. The van der Waals surface area contributed by atoms with E-state index in [9.17, 15) is 46.6 Å². The predicted octanol–water partition coefficient (Wildman–Crippen LogP) is 5.22. The van der Waals surface area contributed by atoms with E-state index in [2.05, 4.69) is 9.47 Å². The Labute approximate surface area is 179 Å². The Morgan fingerprint density at radius 3 is 1.50 bits per heavy atom. The van der Waals surface area contributed by atoms with E-state index in [1.54, 1.807) is 0 Å². The molecule has 0 bridgehead atoms. The predicted molar refractivity (Wildman–Crippen MR) is 95.0 cm³/mol. The number of nitro groups is 2. The molecular weight excluding hydrogens is 482 g/mol. The minimum atomic E-state index is -4.99. The summed E-state index contributed by atoms with van der Waals surface area (Å²) in [5.74, 6) is -1.80. The van der Waals surface area contributed by atoms with Crippen LogP contribution in [0.1, 0.15) is 11.1 Å². The number of rotatable bonds is 6. The third-order valence-corrected chi connectivity index (χ3v) is 3.54. The summed E-state index contributed by atoms with van der Waals surface area (Å²) in [6, 6.07) is 5.74. The minimum absolute atomic E-state index is 0.0346. The van der Waals surface area contributed by atoms with Gasteiger partial charge in [-0.3, -0.25) is 20.2 Å². The van der Waals surface area contributed by atoms with Gasteiger partial charge in [0, 0.05) is 18.0 Å². The minimum Gasteiger partial charge on any atom is -0.398 e. The van der Waals surface area contributed by atoms with Crippen LogP contribution < -0.4 is 9.47 Å². The Balaban J connectivity index is 0.000000320. The largest absolute Gasteiger partial charge is 0.573 e. The topological polar surface area (TPSA) is 125 Å². The molecule has 0 amide bonds. The fraction of sp³-hybridized carbons (Fsp3) is 0.250. The Morgan fingerprint density at radius 2 is 1.19 bits per heavy atom. The molecule has 9 nitrogen and oxygen atoms in total. The summed E-state index contributed by atoms with van der Waals surface area (Å²) in [5, 5.41) is 29.6. The van der Waals surface area contributed by atoms with Crippen molar-refractivity contribution in [3.63, 3.8) is 0 Å². The zero-order valence-corrected chi connectivity index (χ0v) is 16.1. The number of nitrogens with zero attached hydrogens (tertiary/aromatic N) is 2. The fourth-order valence-electron chi connectivity index (χ4n) is 2.01. The van der Waals surface area contributed by atoms with E-state index in [1.165, 1.54) is 6.07 Å². The van der Waals surface area contributed by atoms with Gasteiger partial charge in [-0.25, -0.2) is 0 Å². The highest BCUT2D eigenvalue weighted by molar-refractivity contribution is 6.17. The molecule has 0 aliphatic carbocycles. The Bertz CT molecular complexity index is 891. The van der Waals surface area contributed by atoms with E-state index >= 15 is 0 Å². The van der Waals surface area contributed by atoms with Gasteiger partial charge < -0.3 is 14.6 Å². The molecule has 0 fully saturated rings. The van der Waals surface area contributed by atoms with Gasteiger partial charge in [-0.1, -0.05) is 12.1 Å². The van der Waals surface area contributed by atoms with E-state index in [-0.39, 0.29) is 11.4 Å². The summed E-state index contributed by atoms with van der Waals surface area (Å²) >= 11 is 5.40. The average molecular weight is 493 g/mol. The second kappa shape index (κ2) is 10.8. The number of benzene rings is 2. The van der Waals surface area contributed by atoms with Crippen molar-refractivity contribution in [2.45, 2.75) is 25.2 Å². The second-order valence-corrected chi connectivity index (χ2v) is 5.77. The van der Waals surface area contributed by atoms with Gasteiger partial charge in [0.15, 0.2) is 0 Å². The standard InChI is InChI=1S/C8H5ClF3NO3.C8H6F3NO4/c9-4-5-1-2-7(16-8(10,11)12)6(3-5)13(14)15;9-8(10,11)16-7-2-1-5(4-13)3-6(7)12(14)15/h1-3H,4H2;1-3,13H,4H2. The molecule has 0 saturated carbocycles. The molecule has 0 aliphatic heterocycles. The molecular formula is C16H11ClF6N2O7. The van der Waals surface area contributed by atoms with Crippen LogP contribution >= 0.6 is 11.6 Å². The first-order chi connectivity index (χ1) is 14.7. The monoisotopic (exact) mass is 492 g/mol. The van der Waals surface area contributed by atoms with Crippen LogP contribution in [0.5, 0.6) is 11.5 Å². The molecule has 0 radical (unpaired) electrons. The molecule has 176 valence electrons. The first kappa shape index (κ1) is 26.7. The van der Waals surface area contributed by atoms with Crippen molar-refractivity contribution < 1.29 is 50.8 Å². The van der Waals surface area contributed by atoms with Crippen molar-refractivity contribution in [3.8, 4) is 11.5 Å². The summed E-state index contributed by atoms with van der Waals surface area (Å²) in [5.41, 5.74) is -1.15. The van der Waals surface area contributed by atoms with E-state index < -0.39 is 52.1 Å². The number of halogens is 7. The maximum atomic E-state index is 11.9. The molecule has 2 aromatic carbocycles. The van der Waals surface area contributed by atoms with Gasteiger partial charge in [0.1, 0.15) is 0 Å². The number of alkyl halides is 7. The van der Waals surface area contributed by atoms with Crippen molar-refractivity contribution in [3.05, 3.63) is 67.8 Å². The zero-order valence-electron chi connectivity index (χ0n) is 15.3. The third kappa shape index (κ3) is 8.81. The molecule has 16 heteroatoms. The van der Waals surface area contributed by atoms with Crippen LogP contribution in [-0.4, -0.2) is 27.7 Å². The molecule has 0 saturated heterocycles. The van der Waals surface area contributed by atoms with Crippen LogP contribution in [0.3, 0.4) is 0 Å². The maximum Gasteiger partial charge on any atom is 0.573 e. The summed E-state index contributed by atoms with van der Waals surface area (Å²) in [4.78, 5) is 19.0. The van der Waals surface area contributed by atoms with Crippen molar-refractivity contribution >= 4 is 23.0 Å². The van der Waals surface area contributed by atoms with Crippen LogP contribution in [-0.2, 0) is 12.5 Å². The van der Waals surface area contributed by atoms with Crippen molar-refractivity contribution in [2.75, 3.05) is 0 Å². The van der Waals surface area contributed by atoms with E-state index in [0.29, 0.717) is 5.56 Å². The highest BCUT2D eigenvalue weighted by Crippen LogP contribution is 2.33. The Hall–Kier alpha value is -3.33. The van der Waals surface area contributed by atoms with Gasteiger partial charge in [0.25, 0.3) is 0 Å². The summed E-state index contributed by atoms with van der Waals surface area (Å²) in [7, 11) is 0. The van der Waals surface area contributed by atoms with Gasteiger partial charge in [-0.05, 0) is 23.3 Å². The third-order valence-electron chi connectivity index (χ3n) is 3.23. The molecule has 32 heavy (non-hydrogen) atoms. The quantitative estimate of drug-likeness (QED) is 0.254. The highest BCUT2D eigenvalue weighted by atomic mass is 35.5. The molecule has 0 unspecified atom stereocenters. The molecule has 0 atom stereocenters. The first-order valence-electron chi connectivity index (χ1n) is 7.89.